The molecule has 3 rings (SSSR count). The van der Waals surface area contributed by atoms with Gasteiger partial charge in [-0.15, -0.1) is 0 Å². The molecule has 2 aromatic heterocycles. The normalized spacial score (nSPS) is 11.5. The molecule has 23 heavy (non-hydrogen) atoms. The van der Waals surface area contributed by atoms with Gasteiger partial charge in [-0.05, 0) is 24.3 Å². The van der Waals surface area contributed by atoms with Gasteiger partial charge in [-0.2, -0.15) is 0 Å². The zero-order chi connectivity index (χ0) is 16.2. The molecule has 4 N–H and O–H groups in total. The second-order valence-electron chi connectivity index (χ2n) is 5.17. The van der Waals surface area contributed by atoms with Gasteiger partial charge in [0, 0.05) is 6.42 Å². The number of aryl methyl sites for hydroxylation is 2. The molecule has 0 saturated carbocycles. The van der Waals surface area contributed by atoms with Crippen LogP contribution in [-0.4, -0.2) is 19.5 Å². The van der Waals surface area contributed by atoms with Gasteiger partial charge in [0.1, 0.15) is 11.3 Å². The van der Waals surface area contributed by atoms with Gasteiger partial charge in [0.25, 0.3) is 5.56 Å². The first-order valence-electron chi connectivity index (χ1n) is 7.31. The van der Waals surface area contributed by atoms with Crippen molar-refractivity contribution in [2.45, 2.75) is 19.4 Å². The third-order valence-corrected chi connectivity index (χ3v) is 3.60. The Bertz CT molecular complexity index is 950. The number of hydrogen-bond acceptors (Lipinski definition) is 4. The van der Waals surface area contributed by atoms with Crippen LogP contribution in [0.5, 0.6) is 0 Å². The maximum Gasteiger partial charge on any atom is 0.330 e. The van der Waals surface area contributed by atoms with Crippen molar-refractivity contribution < 1.29 is 0 Å². The van der Waals surface area contributed by atoms with Crippen molar-refractivity contribution in [3.05, 3.63) is 74.8 Å². The third kappa shape index (κ3) is 3.08. The van der Waals surface area contributed by atoms with Gasteiger partial charge in [0.2, 0.25) is 0 Å². The van der Waals surface area contributed by atoms with Crippen LogP contribution >= 0.6 is 0 Å². The molecule has 0 atom stereocenters. The molecule has 0 amide bonds. The fourth-order valence-electron chi connectivity index (χ4n) is 2.42. The minimum Gasteiger partial charge on any atom is -0.405 e. The van der Waals surface area contributed by atoms with Gasteiger partial charge in [0.05, 0.1) is 6.54 Å². The van der Waals surface area contributed by atoms with Crippen LogP contribution in [0.4, 0.5) is 0 Å². The second kappa shape index (κ2) is 6.35. The number of nitrogens with zero attached hydrogens (tertiary/aromatic N) is 2. The van der Waals surface area contributed by atoms with Crippen molar-refractivity contribution in [2.75, 3.05) is 0 Å². The Morgan fingerprint density at radius 2 is 1.91 bits per heavy atom. The highest BCUT2D eigenvalue weighted by molar-refractivity contribution is 5.68. The largest absolute Gasteiger partial charge is 0.405 e. The number of allylic oxidation sites excluding steroid dienone is 1. The van der Waals surface area contributed by atoms with Crippen molar-refractivity contribution in [3.63, 3.8) is 0 Å². The number of rotatable bonds is 5. The summed E-state index contributed by atoms with van der Waals surface area (Å²) in [5.41, 5.74) is 6.14. The number of fused-ring (bicyclic) bond motifs is 1. The molecule has 7 heteroatoms. The smallest absolute Gasteiger partial charge is 0.330 e. The van der Waals surface area contributed by atoms with E-state index in [1.165, 1.54) is 17.8 Å². The monoisotopic (exact) mass is 311 g/mol. The molecule has 7 nitrogen and oxygen atoms in total. The topological polar surface area (TPSA) is 110 Å². The molecule has 3 aromatic rings. The Labute approximate surface area is 131 Å². The first-order valence-corrected chi connectivity index (χ1v) is 7.31. The summed E-state index contributed by atoms with van der Waals surface area (Å²) in [5.74, 6) is 0.670. The molecule has 0 spiro atoms. The summed E-state index contributed by atoms with van der Waals surface area (Å²) in [6.45, 7) is 0.124. The van der Waals surface area contributed by atoms with E-state index in [0.29, 0.717) is 17.8 Å². The van der Waals surface area contributed by atoms with E-state index in [-0.39, 0.29) is 12.2 Å². The number of aromatic nitrogens is 4. The number of imidazole rings is 1. The van der Waals surface area contributed by atoms with Crippen LogP contribution in [0.25, 0.3) is 11.2 Å². The summed E-state index contributed by atoms with van der Waals surface area (Å²) in [4.78, 5) is 34.2. The molecule has 0 unspecified atom stereocenters. The first kappa shape index (κ1) is 14.8. The first-order chi connectivity index (χ1) is 11.2. The lowest BCUT2D eigenvalue weighted by atomic mass is 10.1. The van der Waals surface area contributed by atoms with Crippen LogP contribution < -0.4 is 17.0 Å². The zero-order valence-corrected chi connectivity index (χ0v) is 12.5. The van der Waals surface area contributed by atoms with Crippen molar-refractivity contribution in [2.24, 2.45) is 5.73 Å². The van der Waals surface area contributed by atoms with Crippen molar-refractivity contribution in [3.8, 4) is 0 Å². The molecule has 0 aliphatic heterocycles. The predicted octanol–water partition coefficient (Wildman–Crippen LogP) is 0.670. The van der Waals surface area contributed by atoms with Crippen LogP contribution in [0.15, 0.2) is 52.2 Å². The molecule has 0 saturated heterocycles. The number of aromatic amines is 2. The molecular weight excluding hydrogens is 294 g/mol. The maximum atomic E-state index is 12.3. The van der Waals surface area contributed by atoms with Crippen LogP contribution in [0.2, 0.25) is 0 Å². The average molecular weight is 311 g/mol. The third-order valence-electron chi connectivity index (χ3n) is 3.60. The van der Waals surface area contributed by atoms with Gasteiger partial charge in [-0.3, -0.25) is 14.3 Å². The fraction of sp³-hybridized carbons (Fsp3) is 0.188. The summed E-state index contributed by atoms with van der Waals surface area (Å²) < 4.78 is 1.07. The van der Waals surface area contributed by atoms with Crippen LogP contribution in [0.3, 0.4) is 0 Å². The minimum absolute atomic E-state index is 0.124. The van der Waals surface area contributed by atoms with E-state index in [2.05, 4.69) is 15.0 Å². The summed E-state index contributed by atoms with van der Waals surface area (Å²) in [6, 6.07) is 10.0. The molecule has 0 aliphatic rings. The molecule has 118 valence electrons. The van der Waals surface area contributed by atoms with Crippen molar-refractivity contribution in [1.29, 1.82) is 0 Å². The van der Waals surface area contributed by atoms with E-state index in [1.54, 1.807) is 0 Å². The molecule has 0 radical (unpaired) electrons. The SMILES string of the molecule is NC=CCn1c(=O)[nH]c2nc(CCc3ccccc3)[nH]c2c1=O. The van der Waals surface area contributed by atoms with E-state index < -0.39 is 11.2 Å². The Hall–Kier alpha value is -3.09. The highest BCUT2D eigenvalue weighted by Gasteiger charge is 2.11. The van der Waals surface area contributed by atoms with Gasteiger partial charge in [-0.1, -0.05) is 30.3 Å². The molecular formula is C16H17N5O2. The number of H-pyrrole nitrogens is 2. The summed E-state index contributed by atoms with van der Waals surface area (Å²) in [7, 11) is 0. The summed E-state index contributed by atoms with van der Waals surface area (Å²) in [5, 5.41) is 0. The summed E-state index contributed by atoms with van der Waals surface area (Å²) in [6.07, 6.45) is 4.29. The average Bonchev–Trinajstić information content (AvgIpc) is 2.97. The van der Waals surface area contributed by atoms with E-state index in [9.17, 15) is 9.59 Å². The van der Waals surface area contributed by atoms with Gasteiger partial charge in [-0.25, -0.2) is 9.78 Å². The lowest BCUT2D eigenvalue weighted by Crippen LogP contribution is -2.34. The van der Waals surface area contributed by atoms with E-state index in [0.717, 1.165) is 11.0 Å². The van der Waals surface area contributed by atoms with E-state index in [4.69, 9.17) is 5.73 Å². The number of nitrogens with one attached hydrogen (secondary N) is 2. The number of benzene rings is 1. The maximum absolute atomic E-state index is 12.3. The van der Waals surface area contributed by atoms with Crippen LogP contribution in [0.1, 0.15) is 11.4 Å². The highest BCUT2D eigenvalue weighted by Crippen LogP contribution is 2.07. The van der Waals surface area contributed by atoms with Gasteiger partial charge >= 0.3 is 5.69 Å². The Kier molecular flexibility index (Phi) is 4.09. The number of nitrogens with two attached hydrogens (primary N) is 1. The molecule has 0 aliphatic carbocycles. The van der Waals surface area contributed by atoms with E-state index in [1.807, 2.05) is 30.3 Å². The zero-order valence-electron chi connectivity index (χ0n) is 12.5. The standard InChI is InChI=1S/C16H17N5O2/c17-9-4-10-21-15(22)13-14(20-16(21)23)19-12(18-13)8-7-11-5-2-1-3-6-11/h1-6,9H,7-8,10,17H2,(H,18,19)(H,20,23). The van der Waals surface area contributed by atoms with Crippen molar-refractivity contribution in [1.82, 2.24) is 19.5 Å². The molecule has 2 heterocycles. The Morgan fingerprint density at radius 3 is 2.65 bits per heavy atom. The van der Waals surface area contributed by atoms with Crippen LogP contribution in [0, 0.1) is 0 Å². The molecule has 0 fully saturated rings. The molecule has 1 aromatic carbocycles. The van der Waals surface area contributed by atoms with Crippen LogP contribution in [-0.2, 0) is 19.4 Å². The Morgan fingerprint density at radius 1 is 1.13 bits per heavy atom. The highest BCUT2D eigenvalue weighted by atomic mass is 16.2. The van der Waals surface area contributed by atoms with Gasteiger partial charge in [0.15, 0.2) is 5.65 Å². The number of hydrogen-bond donors (Lipinski definition) is 3. The van der Waals surface area contributed by atoms with E-state index >= 15 is 0 Å². The Balaban J connectivity index is 1.91. The fourth-order valence-corrected chi connectivity index (χ4v) is 2.42. The summed E-state index contributed by atoms with van der Waals surface area (Å²) >= 11 is 0. The second-order valence-corrected chi connectivity index (χ2v) is 5.17. The quantitative estimate of drug-likeness (QED) is 0.643. The lowest BCUT2D eigenvalue weighted by molar-refractivity contribution is 0.724. The van der Waals surface area contributed by atoms with Gasteiger partial charge < -0.3 is 10.7 Å². The minimum atomic E-state index is -0.498. The lowest BCUT2D eigenvalue weighted by Gasteiger charge is -1.99. The predicted molar refractivity (Wildman–Crippen MR) is 88.2 cm³/mol. The van der Waals surface area contributed by atoms with Crippen molar-refractivity contribution >= 4 is 11.2 Å². The molecule has 0 bridgehead atoms.